The Hall–Kier alpha value is -2.45. The van der Waals surface area contributed by atoms with E-state index in [4.69, 9.17) is 4.74 Å². The average molecular weight is 463 g/mol. The number of carbonyl (C=O) groups excluding carboxylic acids is 1. The van der Waals surface area contributed by atoms with Crippen LogP contribution < -0.4 is 4.74 Å². The topological polar surface area (TPSA) is 66.9 Å². The second-order valence-corrected chi connectivity index (χ2v) is 10.2. The molecular formula is C24H31FN2O4S. The van der Waals surface area contributed by atoms with Gasteiger partial charge in [0.1, 0.15) is 11.6 Å². The summed E-state index contributed by atoms with van der Waals surface area (Å²) >= 11 is 0. The standard InChI is InChI=1S/C24H31FN2O4S/c1-31-22-9-4-20(5-10-22)6-13-24(28)27-16-2-14-26(17-18-27)15-3-19-32(29,30)23-11-7-21(25)8-12-23/h4-5,7-12H,2-3,6,13-19H2,1H3. The molecule has 0 aliphatic carbocycles. The third kappa shape index (κ3) is 7.03. The summed E-state index contributed by atoms with van der Waals surface area (Å²) < 4.78 is 43.0. The summed E-state index contributed by atoms with van der Waals surface area (Å²) in [6.45, 7) is 3.63. The zero-order valence-corrected chi connectivity index (χ0v) is 19.3. The van der Waals surface area contributed by atoms with Crippen molar-refractivity contribution < 1.29 is 22.3 Å². The fourth-order valence-electron chi connectivity index (χ4n) is 3.88. The monoisotopic (exact) mass is 462 g/mol. The van der Waals surface area contributed by atoms with E-state index in [9.17, 15) is 17.6 Å². The third-order valence-corrected chi connectivity index (χ3v) is 7.60. The predicted molar refractivity (Wildman–Crippen MR) is 122 cm³/mol. The van der Waals surface area contributed by atoms with Gasteiger partial charge in [0, 0.05) is 26.1 Å². The number of ether oxygens (including phenoxy) is 1. The lowest BCUT2D eigenvalue weighted by atomic mass is 10.1. The van der Waals surface area contributed by atoms with Crippen molar-refractivity contribution in [1.29, 1.82) is 0 Å². The van der Waals surface area contributed by atoms with Crippen LogP contribution in [0.3, 0.4) is 0 Å². The number of nitrogens with zero attached hydrogens (tertiary/aromatic N) is 2. The second kappa shape index (κ2) is 11.4. The number of hydrogen-bond acceptors (Lipinski definition) is 5. The third-order valence-electron chi connectivity index (χ3n) is 5.79. The van der Waals surface area contributed by atoms with E-state index in [1.807, 2.05) is 29.2 Å². The van der Waals surface area contributed by atoms with Crippen molar-refractivity contribution in [2.45, 2.75) is 30.6 Å². The molecule has 6 nitrogen and oxygen atoms in total. The van der Waals surface area contributed by atoms with Crippen molar-refractivity contribution in [3.05, 3.63) is 59.9 Å². The number of carbonyl (C=O) groups is 1. The van der Waals surface area contributed by atoms with Crippen LogP contribution in [-0.2, 0) is 21.1 Å². The molecule has 0 atom stereocenters. The molecule has 3 rings (SSSR count). The van der Waals surface area contributed by atoms with Crippen LogP contribution >= 0.6 is 0 Å². The van der Waals surface area contributed by atoms with E-state index in [1.165, 1.54) is 24.3 Å². The Labute approximate surface area is 189 Å². The first kappa shape index (κ1) is 24.2. The largest absolute Gasteiger partial charge is 0.497 e. The Balaban J connectivity index is 1.41. The first-order valence-electron chi connectivity index (χ1n) is 11.0. The van der Waals surface area contributed by atoms with Gasteiger partial charge >= 0.3 is 0 Å². The molecule has 0 aromatic heterocycles. The number of hydrogen-bond donors (Lipinski definition) is 0. The van der Waals surface area contributed by atoms with Gasteiger partial charge in [0.05, 0.1) is 17.8 Å². The van der Waals surface area contributed by atoms with E-state index in [-0.39, 0.29) is 16.6 Å². The van der Waals surface area contributed by atoms with Gasteiger partial charge in [-0.15, -0.1) is 0 Å². The molecule has 2 aromatic carbocycles. The van der Waals surface area contributed by atoms with Gasteiger partial charge in [-0.25, -0.2) is 12.8 Å². The molecule has 1 heterocycles. The van der Waals surface area contributed by atoms with Gasteiger partial charge < -0.3 is 14.5 Å². The number of amides is 1. The minimum atomic E-state index is -3.42. The molecule has 1 fully saturated rings. The first-order valence-corrected chi connectivity index (χ1v) is 12.6. The zero-order chi connectivity index (χ0) is 23.0. The normalized spacial score (nSPS) is 15.4. The van der Waals surface area contributed by atoms with Crippen molar-refractivity contribution in [2.75, 3.05) is 45.6 Å². The molecule has 0 saturated carbocycles. The van der Waals surface area contributed by atoms with Crippen LogP contribution in [0.25, 0.3) is 0 Å². The van der Waals surface area contributed by atoms with E-state index < -0.39 is 15.7 Å². The van der Waals surface area contributed by atoms with Gasteiger partial charge in [-0.2, -0.15) is 0 Å². The van der Waals surface area contributed by atoms with E-state index >= 15 is 0 Å². The van der Waals surface area contributed by atoms with Crippen LogP contribution in [0.1, 0.15) is 24.8 Å². The maximum absolute atomic E-state index is 13.0. The maximum Gasteiger partial charge on any atom is 0.222 e. The van der Waals surface area contributed by atoms with Crippen LogP contribution in [0.2, 0.25) is 0 Å². The highest BCUT2D eigenvalue weighted by Gasteiger charge is 2.20. The van der Waals surface area contributed by atoms with Gasteiger partial charge in [0.25, 0.3) is 0 Å². The zero-order valence-electron chi connectivity index (χ0n) is 18.5. The average Bonchev–Trinajstić information content (AvgIpc) is 3.04. The molecule has 1 amide bonds. The smallest absolute Gasteiger partial charge is 0.222 e. The number of methoxy groups -OCH3 is 1. The molecule has 2 aromatic rings. The predicted octanol–water partition coefficient (Wildman–Crippen LogP) is 3.17. The molecular weight excluding hydrogens is 431 g/mol. The summed E-state index contributed by atoms with van der Waals surface area (Å²) in [6.07, 6.45) is 2.55. The van der Waals surface area contributed by atoms with Gasteiger partial charge in [0.2, 0.25) is 5.91 Å². The Kier molecular flexibility index (Phi) is 8.64. The van der Waals surface area contributed by atoms with Crippen molar-refractivity contribution in [3.8, 4) is 5.75 Å². The van der Waals surface area contributed by atoms with E-state index in [1.54, 1.807) is 7.11 Å². The molecule has 1 aliphatic heterocycles. The van der Waals surface area contributed by atoms with Gasteiger partial charge in [-0.1, -0.05) is 12.1 Å². The molecule has 0 bridgehead atoms. The molecule has 32 heavy (non-hydrogen) atoms. The Morgan fingerprint density at radius 2 is 1.72 bits per heavy atom. The first-order chi connectivity index (χ1) is 15.4. The minimum absolute atomic E-state index is 0.0274. The Bertz CT molecular complexity index is 978. The van der Waals surface area contributed by atoms with E-state index in [0.717, 1.165) is 37.4 Å². The molecule has 1 saturated heterocycles. The molecule has 8 heteroatoms. The summed E-state index contributed by atoms with van der Waals surface area (Å²) in [5.41, 5.74) is 1.11. The van der Waals surface area contributed by atoms with Crippen LogP contribution in [0.4, 0.5) is 4.39 Å². The lowest BCUT2D eigenvalue weighted by molar-refractivity contribution is -0.131. The van der Waals surface area contributed by atoms with Crippen molar-refractivity contribution >= 4 is 15.7 Å². The molecule has 0 N–H and O–H groups in total. The fraction of sp³-hybridized carbons (Fsp3) is 0.458. The fourth-order valence-corrected chi connectivity index (χ4v) is 5.18. The van der Waals surface area contributed by atoms with Gasteiger partial charge in [-0.05, 0) is 74.3 Å². The highest BCUT2D eigenvalue weighted by Crippen LogP contribution is 2.15. The number of rotatable bonds is 9. The summed E-state index contributed by atoms with van der Waals surface area (Å²) in [4.78, 5) is 16.9. The van der Waals surface area contributed by atoms with Crippen LogP contribution in [0.15, 0.2) is 53.4 Å². The Morgan fingerprint density at radius 1 is 1.00 bits per heavy atom. The van der Waals surface area contributed by atoms with Crippen molar-refractivity contribution in [2.24, 2.45) is 0 Å². The lowest BCUT2D eigenvalue weighted by Gasteiger charge is -2.22. The molecule has 0 unspecified atom stereocenters. The minimum Gasteiger partial charge on any atom is -0.497 e. The van der Waals surface area contributed by atoms with Gasteiger partial charge in [0.15, 0.2) is 9.84 Å². The molecule has 0 spiro atoms. The molecule has 0 radical (unpaired) electrons. The quantitative estimate of drug-likeness (QED) is 0.536. The molecule has 174 valence electrons. The molecule has 1 aliphatic rings. The van der Waals surface area contributed by atoms with Crippen molar-refractivity contribution in [1.82, 2.24) is 9.80 Å². The maximum atomic E-state index is 13.0. The van der Waals surface area contributed by atoms with Gasteiger partial charge in [-0.3, -0.25) is 4.79 Å². The number of aryl methyl sites for hydroxylation is 1. The van der Waals surface area contributed by atoms with Crippen molar-refractivity contribution in [3.63, 3.8) is 0 Å². The number of sulfone groups is 1. The summed E-state index contributed by atoms with van der Waals surface area (Å²) in [6, 6.07) is 12.7. The van der Waals surface area contributed by atoms with E-state index in [2.05, 4.69) is 4.90 Å². The highest BCUT2D eigenvalue weighted by atomic mass is 32.2. The second-order valence-electron chi connectivity index (χ2n) is 8.05. The lowest BCUT2D eigenvalue weighted by Crippen LogP contribution is -2.35. The summed E-state index contributed by atoms with van der Waals surface area (Å²) in [5, 5.41) is 0. The van der Waals surface area contributed by atoms with Crippen LogP contribution in [0, 0.1) is 5.82 Å². The number of benzene rings is 2. The highest BCUT2D eigenvalue weighted by molar-refractivity contribution is 7.91. The van der Waals surface area contributed by atoms with E-state index in [0.29, 0.717) is 32.4 Å². The van der Waals surface area contributed by atoms with Crippen LogP contribution in [0.5, 0.6) is 5.75 Å². The summed E-state index contributed by atoms with van der Waals surface area (Å²) in [7, 11) is -1.78. The Morgan fingerprint density at radius 3 is 2.41 bits per heavy atom. The SMILES string of the molecule is COc1ccc(CCC(=O)N2CCCN(CCCS(=O)(=O)c3ccc(F)cc3)CC2)cc1. The summed E-state index contributed by atoms with van der Waals surface area (Å²) in [5.74, 6) is 0.538. The number of halogens is 1. The van der Waals surface area contributed by atoms with Crippen LogP contribution in [-0.4, -0.2) is 69.7 Å².